The highest BCUT2D eigenvalue weighted by Gasteiger charge is 2.32. The van der Waals surface area contributed by atoms with Crippen LogP contribution in [-0.2, 0) is 4.12 Å². The number of allylic oxidation sites excluding steroid dienone is 8. The summed E-state index contributed by atoms with van der Waals surface area (Å²) in [6, 6.07) is 2.60. The van der Waals surface area contributed by atoms with Crippen LogP contribution in [0.25, 0.3) is 0 Å². The minimum Gasteiger partial charge on any atom is -0.455 e. The van der Waals surface area contributed by atoms with E-state index in [0.29, 0.717) is 11.8 Å². The summed E-state index contributed by atoms with van der Waals surface area (Å²) in [6.45, 7) is 9.68. The predicted molar refractivity (Wildman–Crippen MR) is 108 cm³/mol. The van der Waals surface area contributed by atoms with Gasteiger partial charge < -0.3 is 4.12 Å². The molecule has 0 saturated heterocycles. The highest BCUT2D eigenvalue weighted by Crippen LogP contribution is 2.27. The Morgan fingerprint density at radius 2 is 1.00 bits per heavy atom. The third kappa shape index (κ3) is 7.19. The Morgan fingerprint density at radius 1 is 0.652 bits per heavy atom. The number of rotatable bonds is 10. The summed E-state index contributed by atoms with van der Waals surface area (Å²) in [5, 5.41) is 0. The smallest absolute Gasteiger partial charge is 0.173 e. The van der Waals surface area contributed by atoms with Gasteiger partial charge in [-0.15, -0.1) is 0 Å². The average Bonchev–Trinajstić information content (AvgIpc) is 3.09. The summed E-state index contributed by atoms with van der Waals surface area (Å²) in [5.74, 6) is 1.36. The van der Waals surface area contributed by atoms with Crippen molar-refractivity contribution in [2.45, 2.75) is 64.0 Å². The minimum atomic E-state index is -1.51. The van der Waals surface area contributed by atoms with Gasteiger partial charge in [-0.25, -0.2) is 0 Å². The van der Waals surface area contributed by atoms with Crippen molar-refractivity contribution in [1.82, 2.24) is 0 Å². The van der Waals surface area contributed by atoms with Crippen molar-refractivity contribution in [3.8, 4) is 0 Å². The zero-order valence-corrected chi connectivity index (χ0v) is 17.4. The molecule has 2 aliphatic carbocycles. The molecule has 23 heavy (non-hydrogen) atoms. The quantitative estimate of drug-likeness (QED) is 0.412. The Morgan fingerprint density at radius 3 is 1.35 bits per heavy atom. The Bertz CT molecular complexity index is 418. The fourth-order valence-electron chi connectivity index (χ4n) is 3.72. The van der Waals surface area contributed by atoms with Crippen molar-refractivity contribution in [3.05, 3.63) is 48.6 Å². The van der Waals surface area contributed by atoms with Gasteiger partial charge in [-0.05, 0) is 63.0 Å². The fourth-order valence-corrected chi connectivity index (χ4v) is 12.6. The van der Waals surface area contributed by atoms with Gasteiger partial charge in [0, 0.05) is 0 Å². The maximum absolute atomic E-state index is 6.76. The molecule has 0 heterocycles. The number of hydrogen-bond donors (Lipinski definition) is 0. The zero-order chi connectivity index (χ0) is 16.8. The van der Waals surface area contributed by atoms with Gasteiger partial charge in [-0.1, -0.05) is 61.4 Å². The van der Waals surface area contributed by atoms with Crippen LogP contribution in [0.4, 0.5) is 0 Å². The summed E-state index contributed by atoms with van der Waals surface area (Å²) in [4.78, 5) is 0. The summed E-state index contributed by atoms with van der Waals surface area (Å²) in [5.41, 5.74) is 0. The van der Waals surface area contributed by atoms with Gasteiger partial charge >= 0.3 is 0 Å². The molecule has 3 heteroatoms. The minimum absolute atomic E-state index is 0.678. The highest BCUT2D eigenvalue weighted by atomic mass is 28.4. The lowest BCUT2D eigenvalue weighted by Gasteiger charge is -2.34. The molecule has 0 unspecified atom stereocenters. The highest BCUT2D eigenvalue weighted by molar-refractivity contribution is 6.84. The van der Waals surface area contributed by atoms with Crippen LogP contribution in [0.5, 0.6) is 0 Å². The van der Waals surface area contributed by atoms with Crippen LogP contribution in [-0.4, -0.2) is 16.6 Å². The van der Waals surface area contributed by atoms with E-state index in [2.05, 4.69) is 74.8 Å². The molecule has 128 valence electrons. The van der Waals surface area contributed by atoms with Gasteiger partial charge in [0.1, 0.15) is 0 Å². The Labute approximate surface area is 145 Å². The molecule has 0 aromatic carbocycles. The van der Waals surface area contributed by atoms with E-state index in [1.807, 2.05) is 0 Å². The monoisotopic (exact) mass is 346 g/mol. The van der Waals surface area contributed by atoms with Gasteiger partial charge in [0.15, 0.2) is 16.6 Å². The second kappa shape index (κ2) is 8.45. The largest absolute Gasteiger partial charge is 0.455 e. The molecule has 0 spiro atoms. The molecule has 0 aromatic heterocycles. The van der Waals surface area contributed by atoms with Gasteiger partial charge in [-0.2, -0.15) is 0 Å². The summed E-state index contributed by atoms with van der Waals surface area (Å²) in [7, 11) is -3.01. The summed E-state index contributed by atoms with van der Waals surface area (Å²) >= 11 is 0. The van der Waals surface area contributed by atoms with Gasteiger partial charge in [0.05, 0.1) is 0 Å². The lowest BCUT2D eigenvalue weighted by atomic mass is 10.1. The van der Waals surface area contributed by atoms with Crippen LogP contribution in [0.1, 0.15) is 25.7 Å². The second-order valence-corrected chi connectivity index (χ2v) is 17.1. The average molecular weight is 347 g/mol. The molecule has 0 radical (unpaired) electrons. The molecule has 1 nitrogen and oxygen atoms in total. The van der Waals surface area contributed by atoms with Crippen LogP contribution < -0.4 is 0 Å². The van der Waals surface area contributed by atoms with Crippen LogP contribution >= 0.6 is 0 Å². The van der Waals surface area contributed by atoms with Crippen molar-refractivity contribution < 1.29 is 4.12 Å². The third-order valence-electron chi connectivity index (χ3n) is 4.84. The van der Waals surface area contributed by atoms with Crippen molar-refractivity contribution >= 4 is 16.6 Å². The van der Waals surface area contributed by atoms with Crippen molar-refractivity contribution in [2.24, 2.45) is 11.8 Å². The third-order valence-corrected chi connectivity index (χ3v) is 12.4. The molecule has 0 aliphatic heterocycles. The fraction of sp³-hybridized carbons (Fsp3) is 0.600. The summed E-state index contributed by atoms with van der Waals surface area (Å²) in [6.07, 6.45) is 23.2. The molecule has 0 amide bonds. The Balaban J connectivity index is 1.66. The van der Waals surface area contributed by atoms with E-state index in [9.17, 15) is 0 Å². The molecule has 2 rings (SSSR count). The number of hydrogen-bond acceptors (Lipinski definition) is 1. The maximum Gasteiger partial charge on any atom is 0.173 e. The molecule has 0 fully saturated rings. The first-order valence-electron chi connectivity index (χ1n) is 9.27. The van der Waals surface area contributed by atoms with E-state index in [1.54, 1.807) is 0 Å². The van der Waals surface area contributed by atoms with Crippen molar-refractivity contribution in [1.29, 1.82) is 0 Å². The van der Waals surface area contributed by atoms with E-state index in [1.165, 1.54) is 37.8 Å². The second-order valence-electron chi connectivity index (χ2n) is 8.27. The van der Waals surface area contributed by atoms with Crippen molar-refractivity contribution in [3.63, 3.8) is 0 Å². The zero-order valence-electron chi connectivity index (χ0n) is 15.4. The van der Waals surface area contributed by atoms with Crippen LogP contribution in [0.15, 0.2) is 48.6 Å². The molecule has 0 N–H and O–H groups in total. The van der Waals surface area contributed by atoms with Gasteiger partial charge in [0.25, 0.3) is 0 Å². The van der Waals surface area contributed by atoms with E-state index in [4.69, 9.17) is 4.12 Å². The molecular weight excluding hydrogens is 312 g/mol. The molecule has 0 atom stereocenters. The van der Waals surface area contributed by atoms with Gasteiger partial charge in [-0.3, -0.25) is 0 Å². The first-order chi connectivity index (χ1) is 10.9. The lowest BCUT2D eigenvalue weighted by molar-refractivity contribution is 0.521. The predicted octanol–water partition coefficient (Wildman–Crippen LogP) is 6.46. The molecule has 2 aliphatic rings. The first-order valence-corrected chi connectivity index (χ1v) is 15.5. The normalized spacial score (nSPS) is 18.6. The maximum atomic E-state index is 6.76. The Hall–Kier alpha value is -0.646. The van der Waals surface area contributed by atoms with Crippen LogP contribution in [0, 0.1) is 11.8 Å². The van der Waals surface area contributed by atoms with E-state index >= 15 is 0 Å². The van der Waals surface area contributed by atoms with Crippen LogP contribution in [0.2, 0.25) is 38.3 Å². The Kier molecular flexibility index (Phi) is 6.87. The van der Waals surface area contributed by atoms with Crippen molar-refractivity contribution in [2.75, 3.05) is 0 Å². The first kappa shape index (κ1) is 18.7. The van der Waals surface area contributed by atoms with Crippen LogP contribution in [0.3, 0.4) is 0 Å². The topological polar surface area (TPSA) is 9.23 Å². The van der Waals surface area contributed by atoms with E-state index in [0.717, 1.165) is 0 Å². The standard InChI is InChI=1S/C20H34OSi2/c1-22(2,17-9-15-19-11-5-6-12-19)21-23(3,4)18-10-16-20-13-7-8-14-20/h5-8,11-14,19-20H,9-10,15-18H2,1-4H3. The molecule has 0 aromatic rings. The lowest BCUT2D eigenvalue weighted by Crippen LogP contribution is -2.44. The molecule has 0 bridgehead atoms. The summed E-state index contributed by atoms with van der Waals surface area (Å²) < 4.78 is 6.76. The van der Waals surface area contributed by atoms with Gasteiger partial charge in [0.2, 0.25) is 0 Å². The molecular formula is C20H34OSi2. The van der Waals surface area contributed by atoms with E-state index < -0.39 is 16.6 Å². The van der Waals surface area contributed by atoms with E-state index in [-0.39, 0.29) is 0 Å². The molecule has 0 saturated carbocycles. The SMILES string of the molecule is C[Si](C)(CCCC1C=CC=C1)O[Si](C)(C)CCCC1C=CC=C1.